The summed E-state index contributed by atoms with van der Waals surface area (Å²) in [6.07, 6.45) is 1.33. The second-order valence-electron chi connectivity index (χ2n) is 4.88. The summed E-state index contributed by atoms with van der Waals surface area (Å²) in [7, 11) is 0. The predicted octanol–water partition coefficient (Wildman–Crippen LogP) is 1.88. The van der Waals surface area contributed by atoms with Gasteiger partial charge in [-0.2, -0.15) is 0 Å². The Bertz CT molecular complexity index is 964. The predicted molar refractivity (Wildman–Crippen MR) is 83.5 cm³/mol. The number of pyridine rings is 1. The highest BCUT2D eigenvalue weighted by Gasteiger charge is 2.22. The van der Waals surface area contributed by atoms with Crippen molar-refractivity contribution in [1.82, 2.24) is 14.5 Å². The zero-order chi connectivity index (χ0) is 16.6. The minimum Gasteiger partial charge on any atom is -0.506 e. The number of hydrogen-bond acceptors (Lipinski definition) is 5. The molecule has 0 saturated heterocycles. The molecule has 116 valence electrons. The molecule has 2 heterocycles. The molecule has 0 atom stereocenters. The van der Waals surface area contributed by atoms with E-state index in [1.54, 1.807) is 6.92 Å². The Morgan fingerprint density at radius 2 is 1.96 bits per heavy atom. The average molecular weight is 311 g/mol. The van der Waals surface area contributed by atoms with Crippen LogP contribution in [-0.4, -0.2) is 30.7 Å². The highest BCUT2D eigenvalue weighted by Crippen LogP contribution is 2.26. The van der Waals surface area contributed by atoms with Gasteiger partial charge in [0.25, 0.3) is 5.56 Å². The van der Waals surface area contributed by atoms with Crippen LogP contribution in [0.5, 0.6) is 5.75 Å². The van der Waals surface area contributed by atoms with E-state index in [-0.39, 0.29) is 17.6 Å². The van der Waals surface area contributed by atoms with Gasteiger partial charge in [0, 0.05) is 18.3 Å². The van der Waals surface area contributed by atoms with Gasteiger partial charge in [0.2, 0.25) is 0 Å². The smallest absolute Gasteiger partial charge is 0.345 e. The first-order valence-corrected chi connectivity index (χ1v) is 6.95. The van der Waals surface area contributed by atoms with Crippen LogP contribution in [0.25, 0.3) is 22.4 Å². The zero-order valence-electron chi connectivity index (χ0n) is 12.2. The van der Waals surface area contributed by atoms with Gasteiger partial charge in [-0.25, -0.2) is 14.8 Å². The van der Waals surface area contributed by atoms with Gasteiger partial charge in [-0.15, -0.1) is 0 Å². The van der Waals surface area contributed by atoms with E-state index in [1.807, 2.05) is 30.3 Å². The van der Waals surface area contributed by atoms with Crippen LogP contribution < -0.4 is 5.56 Å². The lowest BCUT2D eigenvalue weighted by molar-refractivity contribution is 0.0691. The molecule has 7 nitrogen and oxygen atoms in total. The van der Waals surface area contributed by atoms with Gasteiger partial charge in [-0.05, 0) is 6.92 Å². The molecular formula is C16H13N3O4. The average Bonchev–Trinajstić information content (AvgIpc) is 2.55. The number of aromatic nitrogens is 3. The summed E-state index contributed by atoms with van der Waals surface area (Å²) < 4.78 is 1.21. The summed E-state index contributed by atoms with van der Waals surface area (Å²) in [5.74, 6) is -1.70. The fourth-order valence-corrected chi connectivity index (χ4v) is 2.43. The molecule has 0 fully saturated rings. The fraction of sp³-hybridized carbons (Fsp3) is 0.125. The molecule has 3 aromatic rings. The molecule has 0 spiro atoms. The van der Waals surface area contributed by atoms with Crippen LogP contribution in [0.15, 0.2) is 41.3 Å². The second-order valence-corrected chi connectivity index (χ2v) is 4.88. The standard InChI is InChI=1S/C16H13N3O4/c1-2-19-14-10(12(20)11(15(19)21)16(22)23)8-17-13(18-14)9-6-4-3-5-7-9/h3-8,20H,2H2,1H3,(H,22,23). The van der Waals surface area contributed by atoms with Crippen LogP contribution in [0.2, 0.25) is 0 Å². The molecule has 0 aliphatic carbocycles. The van der Waals surface area contributed by atoms with Gasteiger partial charge in [-0.3, -0.25) is 9.36 Å². The number of nitrogens with zero attached hydrogens (tertiary/aromatic N) is 3. The van der Waals surface area contributed by atoms with E-state index < -0.39 is 22.8 Å². The molecule has 2 aromatic heterocycles. The first kappa shape index (κ1) is 14.7. The maximum absolute atomic E-state index is 12.3. The summed E-state index contributed by atoms with van der Waals surface area (Å²) in [4.78, 5) is 32.0. The summed E-state index contributed by atoms with van der Waals surface area (Å²) in [5, 5.41) is 19.4. The van der Waals surface area contributed by atoms with E-state index in [1.165, 1.54) is 10.8 Å². The van der Waals surface area contributed by atoms with Gasteiger partial charge in [-0.1, -0.05) is 30.3 Å². The molecule has 7 heteroatoms. The molecule has 1 aromatic carbocycles. The van der Waals surface area contributed by atoms with Crippen LogP contribution in [-0.2, 0) is 6.54 Å². The molecule has 0 radical (unpaired) electrons. The molecule has 0 aliphatic rings. The monoisotopic (exact) mass is 311 g/mol. The van der Waals surface area contributed by atoms with Crippen LogP contribution in [0, 0.1) is 0 Å². The zero-order valence-corrected chi connectivity index (χ0v) is 12.2. The maximum atomic E-state index is 12.3. The topological polar surface area (TPSA) is 105 Å². The summed E-state index contributed by atoms with van der Waals surface area (Å²) in [6, 6.07) is 9.17. The second kappa shape index (κ2) is 5.53. The normalized spacial score (nSPS) is 10.8. The van der Waals surface area contributed by atoms with Gasteiger partial charge in [0.15, 0.2) is 17.0 Å². The quantitative estimate of drug-likeness (QED) is 0.765. The first-order valence-electron chi connectivity index (χ1n) is 6.95. The van der Waals surface area contributed by atoms with Crippen molar-refractivity contribution in [2.24, 2.45) is 0 Å². The number of carbonyl (C=O) groups is 1. The lowest BCUT2D eigenvalue weighted by Gasteiger charge is -2.11. The molecule has 0 aliphatic heterocycles. The van der Waals surface area contributed by atoms with Crippen molar-refractivity contribution in [3.8, 4) is 17.1 Å². The van der Waals surface area contributed by atoms with Crippen molar-refractivity contribution in [1.29, 1.82) is 0 Å². The number of aromatic hydroxyl groups is 1. The van der Waals surface area contributed by atoms with Crippen molar-refractivity contribution in [2.75, 3.05) is 0 Å². The molecule has 2 N–H and O–H groups in total. The van der Waals surface area contributed by atoms with Crippen molar-refractivity contribution in [3.63, 3.8) is 0 Å². The number of hydrogen-bond donors (Lipinski definition) is 2. The van der Waals surface area contributed by atoms with Gasteiger partial charge in [0.1, 0.15) is 5.75 Å². The van der Waals surface area contributed by atoms with E-state index in [4.69, 9.17) is 5.11 Å². The van der Waals surface area contributed by atoms with Crippen LogP contribution in [0.3, 0.4) is 0 Å². The lowest BCUT2D eigenvalue weighted by Crippen LogP contribution is -2.27. The molecule has 23 heavy (non-hydrogen) atoms. The Kier molecular flexibility index (Phi) is 3.53. The van der Waals surface area contributed by atoms with Gasteiger partial charge in [0.05, 0.1) is 5.39 Å². The molecule has 0 amide bonds. The third-order valence-electron chi connectivity index (χ3n) is 3.54. The van der Waals surface area contributed by atoms with E-state index in [9.17, 15) is 14.7 Å². The summed E-state index contributed by atoms with van der Waals surface area (Å²) in [5.41, 5.74) is -0.502. The van der Waals surface area contributed by atoms with Crippen molar-refractivity contribution >= 4 is 17.0 Å². The fourth-order valence-electron chi connectivity index (χ4n) is 2.43. The molecule has 0 saturated carbocycles. The minimum absolute atomic E-state index is 0.128. The lowest BCUT2D eigenvalue weighted by atomic mass is 10.1. The van der Waals surface area contributed by atoms with Gasteiger partial charge < -0.3 is 10.2 Å². The van der Waals surface area contributed by atoms with Crippen LogP contribution >= 0.6 is 0 Å². The number of benzene rings is 1. The number of fused-ring (bicyclic) bond motifs is 1. The van der Waals surface area contributed by atoms with E-state index in [2.05, 4.69) is 9.97 Å². The maximum Gasteiger partial charge on any atom is 0.345 e. The van der Waals surface area contributed by atoms with E-state index in [0.29, 0.717) is 5.82 Å². The number of aryl methyl sites for hydroxylation is 1. The van der Waals surface area contributed by atoms with Crippen molar-refractivity contribution in [3.05, 3.63) is 52.4 Å². The summed E-state index contributed by atoms with van der Waals surface area (Å²) >= 11 is 0. The van der Waals surface area contributed by atoms with E-state index >= 15 is 0 Å². The Morgan fingerprint density at radius 1 is 1.26 bits per heavy atom. The molecule has 3 rings (SSSR count). The summed E-state index contributed by atoms with van der Waals surface area (Å²) in [6.45, 7) is 1.93. The van der Waals surface area contributed by atoms with Crippen LogP contribution in [0.1, 0.15) is 17.3 Å². The Morgan fingerprint density at radius 3 is 2.57 bits per heavy atom. The highest BCUT2D eigenvalue weighted by atomic mass is 16.4. The largest absolute Gasteiger partial charge is 0.506 e. The SMILES string of the molecule is CCn1c(=O)c(C(=O)O)c(O)c2cnc(-c3ccccc3)nc21. The number of rotatable bonds is 3. The van der Waals surface area contributed by atoms with Crippen LogP contribution in [0.4, 0.5) is 0 Å². The van der Waals surface area contributed by atoms with Crippen molar-refractivity contribution < 1.29 is 15.0 Å². The van der Waals surface area contributed by atoms with E-state index in [0.717, 1.165) is 5.56 Å². The Hall–Kier alpha value is -3.22. The van der Waals surface area contributed by atoms with Gasteiger partial charge >= 0.3 is 5.97 Å². The Balaban J connectivity index is 2.38. The number of carboxylic acids is 1. The number of carboxylic acid groups (broad SMARTS) is 1. The third kappa shape index (κ3) is 2.32. The molecule has 0 bridgehead atoms. The van der Waals surface area contributed by atoms with Crippen molar-refractivity contribution in [2.45, 2.75) is 13.5 Å². The third-order valence-corrected chi connectivity index (χ3v) is 3.54. The minimum atomic E-state index is -1.48. The highest BCUT2D eigenvalue weighted by molar-refractivity contribution is 5.97. The number of aromatic carboxylic acids is 1. The first-order chi connectivity index (χ1) is 11.0. The molecular weight excluding hydrogens is 298 g/mol. The molecule has 0 unspecified atom stereocenters. The Labute approximate surface area is 130 Å².